The first-order chi connectivity index (χ1) is 11.5. The normalized spacial score (nSPS) is 10.8. The van der Waals surface area contributed by atoms with Crippen LogP contribution in [0.3, 0.4) is 0 Å². The van der Waals surface area contributed by atoms with E-state index in [0.717, 1.165) is 18.7 Å². The fraction of sp³-hybridized carbons (Fsp3) is 0.250. The Bertz CT molecular complexity index is 862. The standard InChI is InChI=1S/C20H23N3S/c1-13-4-7-16(8-5-13)23-20(24)21-11-10-17-15(3)22-19-9-6-14(2)12-18(17)19/h4-9,12,22H,10-11H2,1-3H3,(H2,21,23,24). The highest BCUT2D eigenvalue weighted by atomic mass is 32.1. The molecule has 0 radical (unpaired) electrons. The number of benzene rings is 2. The fourth-order valence-electron chi connectivity index (χ4n) is 2.93. The van der Waals surface area contributed by atoms with E-state index >= 15 is 0 Å². The van der Waals surface area contributed by atoms with Crippen LogP contribution in [0.1, 0.15) is 22.4 Å². The molecule has 0 aliphatic carbocycles. The molecule has 3 N–H and O–H groups in total. The van der Waals surface area contributed by atoms with Gasteiger partial charge in [-0.3, -0.25) is 0 Å². The lowest BCUT2D eigenvalue weighted by Crippen LogP contribution is -2.30. The highest BCUT2D eigenvalue weighted by molar-refractivity contribution is 7.80. The maximum Gasteiger partial charge on any atom is 0.170 e. The number of aryl methyl sites for hydroxylation is 3. The van der Waals surface area contributed by atoms with Gasteiger partial charge < -0.3 is 15.6 Å². The van der Waals surface area contributed by atoms with E-state index in [1.54, 1.807) is 0 Å². The molecule has 0 aliphatic heterocycles. The summed E-state index contributed by atoms with van der Waals surface area (Å²) in [5, 5.41) is 8.49. The van der Waals surface area contributed by atoms with Crippen LogP contribution in [-0.2, 0) is 6.42 Å². The maximum absolute atomic E-state index is 5.38. The third-order valence-electron chi connectivity index (χ3n) is 4.25. The molecule has 0 spiro atoms. The highest BCUT2D eigenvalue weighted by Gasteiger charge is 2.08. The summed E-state index contributed by atoms with van der Waals surface area (Å²) >= 11 is 5.38. The topological polar surface area (TPSA) is 39.8 Å². The average Bonchev–Trinajstić information content (AvgIpc) is 2.85. The van der Waals surface area contributed by atoms with E-state index < -0.39 is 0 Å². The number of nitrogens with one attached hydrogen (secondary N) is 3. The first-order valence-electron chi connectivity index (χ1n) is 8.22. The van der Waals surface area contributed by atoms with E-state index in [9.17, 15) is 0 Å². The predicted molar refractivity (Wildman–Crippen MR) is 107 cm³/mol. The number of hydrogen-bond donors (Lipinski definition) is 3. The van der Waals surface area contributed by atoms with Gasteiger partial charge in [0, 0.05) is 28.8 Å². The minimum atomic E-state index is 0.660. The number of hydrogen-bond acceptors (Lipinski definition) is 1. The van der Waals surface area contributed by atoms with Crippen molar-refractivity contribution in [2.45, 2.75) is 27.2 Å². The molecule has 124 valence electrons. The van der Waals surface area contributed by atoms with Crippen molar-refractivity contribution >= 4 is 33.9 Å². The quantitative estimate of drug-likeness (QED) is 0.608. The van der Waals surface area contributed by atoms with Gasteiger partial charge in [-0.05, 0) is 69.2 Å². The minimum absolute atomic E-state index is 0.660. The minimum Gasteiger partial charge on any atom is -0.362 e. The van der Waals surface area contributed by atoms with Crippen molar-refractivity contribution in [1.29, 1.82) is 0 Å². The van der Waals surface area contributed by atoms with Crippen molar-refractivity contribution in [3.05, 3.63) is 64.8 Å². The molecule has 3 nitrogen and oxygen atoms in total. The molecule has 0 aliphatic rings. The summed E-state index contributed by atoms with van der Waals surface area (Å²) in [6.07, 6.45) is 0.936. The summed E-state index contributed by atoms with van der Waals surface area (Å²) < 4.78 is 0. The summed E-state index contributed by atoms with van der Waals surface area (Å²) in [5.41, 5.74) is 7.33. The molecule has 0 atom stereocenters. The lowest BCUT2D eigenvalue weighted by Gasteiger charge is -2.11. The second-order valence-corrected chi connectivity index (χ2v) is 6.68. The Morgan fingerprint density at radius 1 is 1.00 bits per heavy atom. The van der Waals surface area contributed by atoms with Crippen LogP contribution in [0.15, 0.2) is 42.5 Å². The van der Waals surface area contributed by atoms with Crippen molar-refractivity contribution in [3.63, 3.8) is 0 Å². The van der Waals surface area contributed by atoms with Gasteiger partial charge in [0.15, 0.2) is 5.11 Å². The molecule has 0 fully saturated rings. The van der Waals surface area contributed by atoms with Gasteiger partial charge >= 0.3 is 0 Å². The van der Waals surface area contributed by atoms with E-state index in [-0.39, 0.29) is 0 Å². The third kappa shape index (κ3) is 3.77. The number of rotatable bonds is 4. The van der Waals surface area contributed by atoms with Crippen LogP contribution >= 0.6 is 12.2 Å². The summed E-state index contributed by atoms with van der Waals surface area (Å²) in [6.45, 7) is 7.14. The average molecular weight is 337 g/mol. The van der Waals surface area contributed by atoms with Gasteiger partial charge in [-0.15, -0.1) is 0 Å². The lowest BCUT2D eigenvalue weighted by atomic mass is 10.1. The number of fused-ring (bicyclic) bond motifs is 1. The SMILES string of the molecule is Cc1ccc(NC(=S)NCCc2c(C)[nH]c3ccc(C)cc23)cc1. The van der Waals surface area contributed by atoms with Crippen LogP contribution in [0.2, 0.25) is 0 Å². The third-order valence-corrected chi connectivity index (χ3v) is 4.49. The van der Waals surface area contributed by atoms with Gasteiger partial charge in [0.25, 0.3) is 0 Å². The number of aromatic nitrogens is 1. The van der Waals surface area contributed by atoms with Crippen molar-refractivity contribution in [1.82, 2.24) is 10.3 Å². The molecule has 3 rings (SSSR count). The van der Waals surface area contributed by atoms with Crippen LogP contribution in [-0.4, -0.2) is 16.6 Å². The fourth-order valence-corrected chi connectivity index (χ4v) is 3.15. The number of H-pyrrole nitrogens is 1. The van der Waals surface area contributed by atoms with Crippen LogP contribution in [0.4, 0.5) is 5.69 Å². The van der Waals surface area contributed by atoms with Crippen LogP contribution in [0, 0.1) is 20.8 Å². The molecule has 3 aromatic rings. The van der Waals surface area contributed by atoms with E-state index in [4.69, 9.17) is 12.2 Å². The number of aromatic amines is 1. The zero-order valence-electron chi connectivity index (χ0n) is 14.4. The van der Waals surface area contributed by atoms with E-state index in [0.29, 0.717) is 5.11 Å². The summed E-state index contributed by atoms with van der Waals surface area (Å²) in [4.78, 5) is 3.46. The molecule has 0 amide bonds. The van der Waals surface area contributed by atoms with E-state index in [2.05, 4.69) is 66.7 Å². The van der Waals surface area contributed by atoms with Gasteiger partial charge in [0.05, 0.1) is 0 Å². The van der Waals surface area contributed by atoms with Crippen molar-refractivity contribution in [2.75, 3.05) is 11.9 Å². The Morgan fingerprint density at radius 2 is 1.71 bits per heavy atom. The van der Waals surface area contributed by atoms with Crippen molar-refractivity contribution in [2.24, 2.45) is 0 Å². The number of thiocarbonyl (C=S) groups is 1. The lowest BCUT2D eigenvalue weighted by molar-refractivity contribution is 0.871. The molecule has 1 heterocycles. The van der Waals surface area contributed by atoms with Gasteiger partial charge in [-0.1, -0.05) is 29.3 Å². The summed E-state index contributed by atoms with van der Waals surface area (Å²) in [5.74, 6) is 0. The zero-order valence-corrected chi connectivity index (χ0v) is 15.2. The maximum atomic E-state index is 5.38. The first kappa shape index (κ1) is 16.5. The summed E-state index contributed by atoms with van der Waals surface area (Å²) in [7, 11) is 0. The molecule has 24 heavy (non-hydrogen) atoms. The van der Waals surface area contributed by atoms with Crippen molar-refractivity contribution < 1.29 is 0 Å². The molecular formula is C20H23N3S. The molecule has 0 unspecified atom stereocenters. The summed E-state index contributed by atoms with van der Waals surface area (Å²) in [6, 6.07) is 14.8. The van der Waals surface area contributed by atoms with Gasteiger partial charge in [-0.25, -0.2) is 0 Å². The molecule has 0 saturated carbocycles. The van der Waals surface area contributed by atoms with Crippen LogP contribution < -0.4 is 10.6 Å². The smallest absolute Gasteiger partial charge is 0.170 e. The van der Waals surface area contributed by atoms with Gasteiger partial charge in [0.2, 0.25) is 0 Å². The van der Waals surface area contributed by atoms with Crippen molar-refractivity contribution in [3.8, 4) is 0 Å². The number of anilines is 1. The van der Waals surface area contributed by atoms with Gasteiger partial charge in [-0.2, -0.15) is 0 Å². The van der Waals surface area contributed by atoms with Crippen LogP contribution in [0.25, 0.3) is 10.9 Å². The molecule has 0 bridgehead atoms. The second-order valence-electron chi connectivity index (χ2n) is 6.27. The first-order valence-corrected chi connectivity index (χ1v) is 8.63. The van der Waals surface area contributed by atoms with Gasteiger partial charge in [0.1, 0.15) is 0 Å². The molecule has 2 aromatic carbocycles. The Morgan fingerprint density at radius 3 is 2.46 bits per heavy atom. The largest absolute Gasteiger partial charge is 0.362 e. The van der Waals surface area contributed by atoms with E-state index in [1.165, 1.54) is 33.3 Å². The molecule has 1 aromatic heterocycles. The Labute approximate surface area is 148 Å². The molecule has 4 heteroatoms. The van der Waals surface area contributed by atoms with E-state index in [1.807, 2.05) is 12.1 Å². The molecular weight excluding hydrogens is 314 g/mol. The predicted octanol–water partition coefficient (Wildman–Crippen LogP) is 4.62. The Hall–Kier alpha value is -2.33. The monoisotopic (exact) mass is 337 g/mol. The second kappa shape index (κ2) is 7.05. The molecule has 0 saturated heterocycles. The Balaban J connectivity index is 1.60. The highest BCUT2D eigenvalue weighted by Crippen LogP contribution is 2.23. The Kier molecular flexibility index (Phi) is 4.86. The zero-order chi connectivity index (χ0) is 17.1. The van der Waals surface area contributed by atoms with Crippen LogP contribution in [0.5, 0.6) is 0 Å².